The molecule has 1 amide bonds. The number of ether oxygens (including phenoxy) is 1. The van der Waals surface area contributed by atoms with Crippen molar-refractivity contribution >= 4 is 22.6 Å². The van der Waals surface area contributed by atoms with Crippen molar-refractivity contribution in [2.75, 3.05) is 11.9 Å². The second-order valence-electron chi connectivity index (χ2n) is 7.82. The molecule has 0 fully saturated rings. The zero-order valence-corrected chi connectivity index (χ0v) is 18.1. The molecule has 0 radical (unpaired) electrons. The number of aryl methyl sites for hydroxylation is 1. The van der Waals surface area contributed by atoms with Crippen LogP contribution in [0.15, 0.2) is 66.7 Å². The van der Waals surface area contributed by atoms with Gasteiger partial charge in [0.05, 0.1) is 11.0 Å². The van der Waals surface area contributed by atoms with Crippen LogP contribution < -0.4 is 10.1 Å². The highest BCUT2D eigenvalue weighted by Gasteiger charge is 2.13. The first-order valence-electron chi connectivity index (χ1n) is 10.6. The van der Waals surface area contributed by atoms with Gasteiger partial charge in [0.15, 0.2) is 6.61 Å². The van der Waals surface area contributed by atoms with Crippen molar-refractivity contribution in [2.45, 2.75) is 33.1 Å². The predicted molar refractivity (Wildman–Crippen MR) is 126 cm³/mol. The standard InChI is InChI=1S/C26H27N3O2/c1-4-17(2)20-9-5-8-12-24(20)31-16-25(30)27-23-15-19(14-13-18(23)3)26-28-21-10-6-7-11-22(21)29-26/h5-15,17H,4,16H2,1-3H3,(H,27,30)(H,28,29)/t17-/m0/s1. The molecule has 1 heterocycles. The zero-order chi connectivity index (χ0) is 21.8. The van der Waals surface area contributed by atoms with Crippen LogP contribution in [0.25, 0.3) is 22.4 Å². The first-order valence-corrected chi connectivity index (χ1v) is 10.6. The summed E-state index contributed by atoms with van der Waals surface area (Å²) in [6.45, 7) is 6.24. The van der Waals surface area contributed by atoms with E-state index in [1.807, 2.05) is 67.6 Å². The molecule has 3 aromatic carbocycles. The SMILES string of the molecule is CC[C@H](C)c1ccccc1OCC(=O)Nc1cc(-c2nc3ccccc3[nH]2)ccc1C. The van der Waals surface area contributed by atoms with Crippen molar-refractivity contribution < 1.29 is 9.53 Å². The van der Waals surface area contributed by atoms with E-state index in [1.54, 1.807) is 0 Å². The van der Waals surface area contributed by atoms with Gasteiger partial charge in [-0.3, -0.25) is 4.79 Å². The summed E-state index contributed by atoms with van der Waals surface area (Å²) in [7, 11) is 0. The molecule has 2 N–H and O–H groups in total. The van der Waals surface area contributed by atoms with Crippen LogP contribution in [0.3, 0.4) is 0 Å². The van der Waals surface area contributed by atoms with Gasteiger partial charge in [-0.05, 0) is 54.7 Å². The fourth-order valence-electron chi connectivity index (χ4n) is 3.56. The fourth-order valence-corrected chi connectivity index (χ4v) is 3.56. The molecule has 4 rings (SSSR count). The number of carbonyl (C=O) groups is 1. The molecule has 5 heteroatoms. The lowest BCUT2D eigenvalue weighted by molar-refractivity contribution is -0.118. The highest BCUT2D eigenvalue weighted by atomic mass is 16.5. The maximum atomic E-state index is 12.6. The highest BCUT2D eigenvalue weighted by molar-refractivity contribution is 5.93. The van der Waals surface area contributed by atoms with Crippen molar-refractivity contribution in [1.29, 1.82) is 0 Å². The average molecular weight is 414 g/mol. The molecule has 0 aliphatic heterocycles. The summed E-state index contributed by atoms with van der Waals surface area (Å²) >= 11 is 0. The Morgan fingerprint density at radius 3 is 2.68 bits per heavy atom. The highest BCUT2D eigenvalue weighted by Crippen LogP contribution is 2.29. The second-order valence-corrected chi connectivity index (χ2v) is 7.82. The smallest absolute Gasteiger partial charge is 0.262 e. The Bertz CT molecular complexity index is 1180. The molecule has 0 spiro atoms. The van der Waals surface area contributed by atoms with Gasteiger partial charge < -0.3 is 15.0 Å². The molecule has 0 unspecified atom stereocenters. The van der Waals surface area contributed by atoms with Crippen molar-refractivity contribution in [3.63, 3.8) is 0 Å². The van der Waals surface area contributed by atoms with Gasteiger partial charge in [0.1, 0.15) is 11.6 Å². The minimum absolute atomic E-state index is 0.0399. The number of aromatic nitrogens is 2. The molecule has 0 bridgehead atoms. The van der Waals surface area contributed by atoms with Gasteiger partial charge in [-0.25, -0.2) is 4.98 Å². The van der Waals surface area contributed by atoms with Crippen molar-refractivity contribution in [3.05, 3.63) is 77.9 Å². The van der Waals surface area contributed by atoms with Crippen molar-refractivity contribution in [1.82, 2.24) is 9.97 Å². The van der Waals surface area contributed by atoms with Gasteiger partial charge in [0.2, 0.25) is 0 Å². The summed E-state index contributed by atoms with van der Waals surface area (Å²) in [5, 5.41) is 2.98. The number of nitrogens with zero attached hydrogens (tertiary/aromatic N) is 1. The Kier molecular flexibility index (Phi) is 6.03. The van der Waals surface area contributed by atoms with E-state index in [-0.39, 0.29) is 12.5 Å². The van der Waals surface area contributed by atoms with E-state index in [0.29, 0.717) is 5.92 Å². The van der Waals surface area contributed by atoms with Gasteiger partial charge in [-0.15, -0.1) is 0 Å². The quantitative estimate of drug-likeness (QED) is 0.386. The van der Waals surface area contributed by atoms with E-state index < -0.39 is 0 Å². The number of aromatic amines is 1. The van der Waals surface area contributed by atoms with E-state index in [2.05, 4.69) is 35.2 Å². The Hall–Kier alpha value is -3.60. The summed E-state index contributed by atoms with van der Waals surface area (Å²) in [4.78, 5) is 20.6. The summed E-state index contributed by atoms with van der Waals surface area (Å²) in [6, 6.07) is 21.7. The molecule has 158 valence electrons. The Balaban J connectivity index is 1.48. The van der Waals surface area contributed by atoms with E-state index >= 15 is 0 Å². The van der Waals surface area contributed by atoms with E-state index in [9.17, 15) is 4.79 Å². The van der Waals surface area contributed by atoms with Crippen LogP contribution in [-0.2, 0) is 4.79 Å². The molecule has 0 aliphatic rings. The van der Waals surface area contributed by atoms with Crippen LogP contribution in [0.5, 0.6) is 5.75 Å². The van der Waals surface area contributed by atoms with Crippen LogP contribution >= 0.6 is 0 Å². The van der Waals surface area contributed by atoms with Gasteiger partial charge in [0.25, 0.3) is 5.91 Å². The number of hydrogen-bond acceptors (Lipinski definition) is 3. The minimum atomic E-state index is -0.191. The fraction of sp³-hybridized carbons (Fsp3) is 0.231. The molecular formula is C26H27N3O2. The van der Waals surface area contributed by atoms with Crippen LogP contribution in [0.1, 0.15) is 37.3 Å². The first-order chi connectivity index (χ1) is 15.0. The van der Waals surface area contributed by atoms with Crippen LogP contribution in [0, 0.1) is 6.92 Å². The number of imidazole rings is 1. The largest absolute Gasteiger partial charge is 0.483 e. The van der Waals surface area contributed by atoms with Gasteiger partial charge in [-0.1, -0.05) is 56.3 Å². The van der Waals surface area contributed by atoms with Crippen molar-refractivity contribution in [2.24, 2.45) is 0 Å². The Labute approximate surface area is 182 Å². The summed E-state index contributed by atoms with van der Waals surface area (Å²) < 4.78 is 5.86. The predicted octanol–water partition coefficient (Wildman–Crippen LogP) is 6.07. The lowest BCUT2D eigenvalue weighted by Gasteiger charge is -2.16. The number of nitrogens with one attached hydrogen (secondary N) is 2. The lowest BCUT2D eigenvalue weighted by atomic mass is 9.98. The molecule has 1 atom stereocenters. The van der Waals surface area contributed by atoms with Crippen molar-refractivity contribution in [3.8, 4) is 17.1 Å². The number of amides is 1. The van der Waals surface area contributed by atoms with Gasteiger partial charge >= 0.3 is 0 Å². The molecule has 0 aliphatic carbocycles. The maximum Gasteiger partial charge on any atom is 0.262 e. The molecule has 5 nitrogen and oxygen atoms in total. The molecule has 0 saturated carbocycles. The first kappa shape index (κ1) is 20.7. The number of hydrogen-bond donors (Lipinski definition) is 2. The zero-order valence-electron chi connectivity index (χ0n) is 18.1. The van der Waals surface area contributed by atoms with Crippen LogP contribution in [-0.4, -0.2) is 22.5 Å². The maximum absolute atomic E-state index is 12.6. The third kappa shape index (κ3) is 4.61. The number of para-hydroxylation sites is 3. The number of benzene rings is 3. The Morgan fingerprint density at radius 2 is 1.87 bits per heavy atom. The third-order valence-electron chi connectivity index (χ3n) is 5.60. The number of carbonyl (C=O) groups excluding carboxylic acids is 1. The third-order valence-corrected chi connectivity index (χ3v) is 5.60. The lowest BCUT2D eigenvalue weighted by Crippen LogP contribution is -2.21. The number of H-pyrrole nitrogens is 1. The molecular weight excluding hydrogens is 386 g/mol. The minimum Gasteiger partial charge on any atom is -0.483 e. The Morgan fingerprint density at radius 1 is 1.10 bits per heavy atom. The summed E-state index contributed by atoms with van der Waals surface area (Å²) in [6.07, 6.45) is 1.01. The van der Waals surface area contributed by atoms with E-state index in [4.69, 9.17) is 4.74 Å². The number of anilines is 1. The molecule has 31 heavy (non-hydrogen) atoms. The van der Waals surface area contributed by atoms with Crippen LogP contribution in [0.2, 0.25) is 0 Å². The van der Waals surface area contributed by atoms with Gasteiger partial charge in [-0.2, -0.15) is 0 Å². The average Bonchev–Trinajstić information content (AvgIpc) is 3.23. The number of fused-ring (bicyclic) bond motifs is 1. The van der Waals surface area contributed by atoms with E-state index in [0.717, 1.165) is 51.4 Å². The topological polar surface area (TPSA) is 67.0 Å². The summed E-state index contributed by atoms with van der Waals surface area (Å²) in [5.41, 5.74) is 5.67. The normalized spacial score (nSPS) is 12.0. The van der Waals surface area contributed by atoms with E-state index in [1.165, 1.54) is 0 Å². The number of rotatable bonds is 7. The summed E-state index contributed by atoms with van der Waals surface area (Å²) in [5.74, 6) is 1.72. The monoisotopic (exact) mass is 413 g/mol. The molecule has 4 aromatic rings. The molecule has 1 aromatic heterocycles. The van der Waals surface area contributed by atoms with Crippen LogP contribution in [0.4, 0.5) is 5.69 Å². The second kappa shape index (κ2) is 9.04. The molecule has 0 saturated heterocycles. The van der Waals surface area contributed by atoms with Gasteiger partial charge in [0, 0.05) is 11.3 Å².